The van der Waals surface area contributed by atoms with Crippen molar-refractivity contribution in [1.29, 1.82) is 0 Å². The highest BCUT2D eigenvalue weighted by Crippen LogP contribution is 2.21. The molecule has 98 valence electrons. The maximum atomic E-state index is 12.2. The van der Waals surface area contributed by atoms with Crippen LogP contribution in [0.15, 0.2) is 22.9 Å². The second-order valence-electron chi connectivity index (χ2n) is 4.74. The fourth-order valence-corrected chi connectivity index (χ4v) is 2.50. The molecular weight excluding hydrogens is 296 g/mol. The summed E-state index contributed by atoms with van der Waals surface area (Å²) in [6.45, 7) is 3.25. The van der Waals surface area contributed by atoms with Gasteiger partial charge in [-0.3, -0.25) is 4.79 Å². The minimum atomic E-state index is -0.281. The summed E-state index contributed by atoms with van der Waals surface area (Å²) < 4.78 is 0.729. The van der Waals surface area contributed by atoms with Crippen molar-refractivity contribution in [2.45, 2.75) is 25.9 Å². The van der Waals surface area contributed by atoms with Gasteiger partial charge >= 0.3 is 0 Å². The van der Waals surface area contributed by atoms with Gasteiger partial charge in [0.05, 0.1) is 11.7 Å². The number of piperidine rings is 1. The molecule has 1 amide bonds. The first-order valence-electron chi connectivity index (χ1n) is 6.17. The zero-order valence-electron chi connectivity index (χ0n) is 10.3. The van der Waals surface area contributed by atoms with E-state index in [1.165, 1.54) is 0 Å². The minimum Gasteiger partial charge on any atom is -0.393 e. The first-order chi connectivity index (χ1) is 8.58. The SMILES string of the molecule is CC(O)C1CCN(C(=O)c2ccc(Br)nc2)CC1. The summed E-state index contributed by atoms with van der Waals surface area (Å²) in [6, 6.07) is 3.55. The summed E-state index contributed by atoms with van der Waals surface area (Å²) >= 11 is 3.25. The van der Waals surface area contributed by atoms with Gasteiger partial charge in [0, 0.05) is 19.3 Å². The standard InChI is InChI=1S/C13H17BrN2O2/c1-9(17)10-4-6-16(7-5-10)13(18)11-2-3-12(14)15-8-11/h2-3,8-10,17H,4-7H2,1H3. The second-order valence-corrected chi connectivity index (χ2v) is 5.55. The van der Waals surface area contributed by atoms with Crippen LogP contribution in [0.2, 0.25) is 0 Å². The molecule has 1 saturated heterocycles. The fourth-order valence-electron chi connectivity index (χ4n) is 2.27. The summed E-state index contributed by atoms with van der Waals surface area (Å²) in [4.78, 5) is 18.1. The summed E-state index contributed by atoms with van der Waals surface area (Å²) in [5.41, 5.74) is 0.619. The highest BCUT2D eigenvalue weighted by Gasteiger charge is 2.25. The molecule has 1 atom stereocenters. The molecule has 1 aliphatic rings. The molecule has 0 spiro atoms. The third kappa shape index (κ3) is 3.09. The Labute approximate surface area is 115 Å². The van der Waals surface area contributed by atoms with Gasteiger partial charge in [-0.2, -0.15) is 0 Å². The molecule has 0 aliphatic carbocycles. The molecule has 0 aromatic carbocycles. The lowest BCUT2D eigenvalue weighted by molar-refractivity contribution is 0.0521. The molecule has 0 bridgehead atoms. The van der Waals surface area contributed by atoms with E-state index in [0.29, 0.717) is 24.6 Å². The first kappa shape index (κ1) is 13.5. The quantitative estimate of drug-likeness (QED) is 0.851. The van der Waals surface area contributed by atoms with Gasteiger partial charge in [0.25, 0.3) is 5.91 Å². The second kappa shape index (κ2) is 5.80. The van der Waals surface area contributed by atoms with Gasteiger partial charge in [0.1, 0.15) is 4.60 Å². The number of aliphatic hydroxyl groups is 1. The zero-order chi connectivity index (χ0) is 13.1. The molecule has 0 saturated carbocycles. The number of halogens is 1. The molecule has 1 fully saturated rings. The van der Waals surface area contributed by atoms with Crippen LogP contribution in [0.25, 0.3) is 0 Å². The summed E-state index contributed by atoms with van der Waals surface area (Å²) in [6.07, 6.45) is 3.05. The maximum Gasteiger partial charge on any atom is 0.255 e. The number of rotatable bonds is 2. The van der Waals surface area contributed by atoms with Gasteiger partial charge in [0.2, 0.25) is 0 Å². The Balaban J connectivity index is 1.97. The van der Waals surface area contributed by atoms with E-state index in [1.54, 1.807) is 18.3 Å². The van der Waals surface area contributed by atoms with Crippen molar-refractivity contribution in [2.75, 3.05) is 13.1 Å². The number of hydrogen-bond acceptors (Lipinski definition) is 3. The average molecular weight is 313 g/mol. The van der Waals surface area contributed by atoms with E-state index >= 15 is 0 Å². The maximum absolute atomic E-state index is 12.2. The molecule has 1 unspecified atom stereocenters. The molecule has 4 nitrogen and oxygen atoms in total. The van der Waals surface area contributed by atoms with E-state index in [2.05, 4.69) is 20.9 Å². The van der Waals surface area contributed by atoms with Crippen molar-refractivity contribution in [1.82, 2.24) is 9.88 Å². The molecule has 1 aliphatic heterocycles. The predicted octanol–water partition coefficient (Wildman–Crippen LogP) is 2.08. The van der Waals surface area contributed by atoms with Crippen molar-refractivity contribution >= 4 is 21.8 Å². The molecular formula is C13H17BrN2O2. The van der Waals surface area contributed by atoms with Gasteiger partial charge in [-0.1, -0.05) is 0 Å². The van der Waals surface area contributed by atoms with E-state index in [0.717, 1.165) is 17.4 Å². The Morgan fingerprint density at radius 2 is 2.17 bits per heavy atom. The Morgan fingerprint density at radius 1 is 1.50 bits per heavy atom. The molecule has 2 rings (SSSR count). The highest BCUT2D eigenvalue weighted by atomic mass is 79.9. The van der Waals surface area contributed by atoms with Crippen LogP contribution in [-0.4, -0.2) is 40.1 Å². The molecule has 5 heteroatoms. The third-order valence-corrected chi connectivity index (χ3v) is 3.95. The van der Waals surface area contributed by atoms with Crippen molar-refractivity contribution in [3.05, 3.63) is 28.5 Å². The van der Waals surface area contributed by atoms with Crippen molar-refractivity contribution in [3.8, 4) is 0 Å². The lowest BCUT2D eigenvalue weighted by Gasteiger charge is -2.33. The van der Waals surface area contributed by atoms with Crippen LogP contribution in [0, 0.1) is 5.92 Å². The monoisotopic (exact) mass is 312 g/mol. The Morgan fingerprint density at radius 3 is 2.67 bits per heavy atom. The van der Waals surface area contributed by atoms with E-state index in [-0.39, 0.29) is 12.0 Å². The molecule has 18 heavy (non-hydrogen) atoms. The number of hydrogen-bond donors (Lipinski definition) is 1. The zero-order valence-corrected chi connectivity index (χ0v) is 11.9. The smallest absolute Gasteiger partial charge is 0.255 e. The van der Waals surface area contributed by atoms with Gasteiger partial charge < -0.3 is 10.0 Å². The van der Waals surface area contributed by atoms with Gasteiger partial charge in [-0.25, -0.2) is 4.98 Å². The minimum absolute atomic E-state index is 0.0269. The molecule has 2 heterocycles. The van der Waals surface area contributed by atoms with Crippen molar-refractivity contribution in [2.24, 2.45) is 5.92 Å². The van der Waals surface area contributed by atoms with Gasteiger partial charge in [-0.15, -0.1) is 0 Å². The number of carbonyl (C=O) groups excluding carboxylic acids is 1. The Kier molecular flexibility index (Phi) is 4.35. The van der Waals surface area contributed by atoms with E-state index in [9.17, 15) is 9.90 Å². The average Bonchev–Trinajstić information content (AvgIpc) is 2.39. The molecule has 1 N–H and O–H groups in total. The van der Waals surface area contributed by atoms with Crippen LogP contribution in [-0.2, 0) is 0 Å². The van der Waals surface area contributed by atoms with Crippen molar-refractivity contribution in [3.63, 3.8) is 0 Å². The number of nitrogens with zero attached hydrogens (tertiary/aromatic N) is 2. The first-order valence-corrected chi connectivity index (χ1v) is 6.96. The predicted molar refractivity (Wildman–Crippen MR) is 72.2 cm³/mol. The van der Waals surface area contributed by atoms with E-state index in [4.69, 9.17) is 0 Å². The number of aromatic nitrogens is 1. The van der Waals surface area contributed by atoms with Gasteiger partial charge in [-0.05, 0) is 53.7 Å². The Bertz CT molecular complexity index is 412. The molecule has 0 radical (unpaired) electrons. The number of pyridine rings is 1. The van der Waals surface area contributed by atoms with Gasteiger partial charge in [0.15, 0.2) is 0 Å². The normalized spacial score (nSPS) is 18.7. The summed E-state index contributed by atoms with van der Waals surface area (Å²) in [5, 5.41) is 9.53. The van der Waals surface area contributed by atoms with Crippen molar-refractivity contribution < 1.29 is 9.90 Å². The summed E-state index contributed by atoms with van der Waals surface area (Å²) in [5.74, 6) is 0.344. The van der Waals surface area contributed by atoms with Crippen LogP contribution in [0.3, 0.4) is 0 Å². The topological polar surface area (TPSA) is 53.4 Å². The summed E-state index contributed by atoms with van der Waals surface area (Å²) in [7, 11) is 0. The number of likely N-dealkylation sites (tertiary alicyclic amines) is 1. The van der Waals surface area contributed by atoms with Crippen LogP contribution in [0.5, 0.6) is 0 Å². The largest absolute Gasteiger partial charge is 0.393 e. The van der Waals surface area contributed by atoms with E-state index in [1.807, 2.05) is 11.8 Å². The third-order valence-electron chi connectivity index (χ3n) is 3.48. The highest BCUT2D eigenvalue weighted by molar-refractivity contribution is 9.10. The fraction of sp³-hybridized carbons (Fsp3) is 0.538. The van der Waals surface area contributed by atoms with Crippen LogP contribution >= 0.6 is 15.9 Å². The molecule has 1 aromatic heterocycles. The van der Waals surface area contributed by atoms with Crippen LogP contribution in [0.1, 0.15) is 30.1 Å². The lowest BCUT2D eigenvalue weighted by Crippen LogP contribution is -2.40. The lowest BCUT2D eigenvalue weighted by atomic mass is 9.92. The number of carbonyl (C=O) groups is 1. The number of amides is 1. The van der Waals surface area contributed by atoms with Crippen LogP contribution in [0.4, 0.5) is 0 Å². The van der Waals surface area contributed by atoms with Crippen LogP contribution < -0.4 is 0 Å². The van der Waals surface area contributed by atoms with E-state index < -0.39 is 0 Å². The Hall–Kier alpha value is -0.940. The number of aliphatic hydroxyl groups excluding tert-OH is 1. The molecule has 1 aromatic rings.